The molecule has 1 aromatic rings. The van der Waals surface area contributed by atoms with Gasteiger partial charge in [-0.05, 0) is 24.8 Å². The van der Waals surface area contributed by atoms with Crippen LogP contribution in [0.2, 0.25) is 0 Å². The van der Waals surface area contributed by atoms with Crippen molar-refractivity contribution in [2.45, 2.75) is 32.7 Å². The zero-order valence-corrected chi connectivity index (χ0v) is 17.2. The third-order valence-electron chi connectivity index (χ3n) is 4.54. The first-order valence-electron chi connectivity index (χ1n) is 9.56. The van der Waals surface area contributed by atoms with Gasteiger partial charge in [0, 0.05) is 6.54 Å². The number of urea groups is 2. The van der Waals surface area contributed by atoms with E-state index in [1.807, 2.05) is 19.2 Å². The minimum Gasteiger partial charge on any atom is -0.454 e. The molecule has 0 aliphatic carbocycles. The maximum atomic E-state index is 12.7. The van der Waals surface area contributed by atoms with E-state index in [-0.39, 0.29) is 0 Å². The molecule has 0 saturated carbocycles. The highest BCUT2D eigenvalue weighted by molar-refractivity contribution is 6.09. The molecule has 10 nitrogen and oxygen atoms in total. The van der Waals surface area contributed by atoms with Gasteiger partial charge in [0.1, 0.15) is 12.1 Å². The van der Waals surface area contributed by atoms with Crippen molar-refractivity contribution >= 4 is 29.8 Å². The van der Waals surface area contributed by atoms with Gasteiger partial charge in [0.2, 0.25) is 0 Å². The molecular weight excluding hydrogens is 392 g/mol. The second kappa shape index (κ2) is 9.86. The summed E-state index contributed by atoms with van der Waals surface area (Å²) < 4.78 is 4.78. The number of rotatable bonds is 8. The third-order valence-corrected chi connectivity index (χ3v) is 4.54. The van der Waals surface area contributed by atoms with Crippen LogP contribution >= 0.6 is 0 Å². The van der Waals surface area contributed by atoms with Crippen molar-refractivity contribution in [2.75, 3.05) is 19.7 Å². The maximum Gasteiger partial charge on any atom is 0.326 e. The van der Waals surface area contributed by atoms with Gasteiger partial charge in [-0.15, -0.1) is 0 Å². The number of amides is 6. The van der Waals surface area contributed by atoms with Crippen LogP contribution in [0.3, 0.4) is 0 Å². The van der Waals surface area contributed by atoms with E-state index < -0.39 is 48.5 Å². The highest BCUT2D eigenvalue weighted by Crippen LogP contribution is 2.28. The molecule has 2 rings (SSSR count). The third kappa shape index (κ3) is 5.79. The predicted molar refractivity (Wildman–Crippen MR) is 106 cm³/mol. The smallest absolute Gasteiger partial charge is 0.326 e. The molecule has 1 aliphatic heterocycles. The fourth-order valence-corrected chi connectivity index (χ4v) is 2.81. The number of esters is 1. The molecule has 1 aromatic carbocycles. The molecular formula is C20H26N4O6. The van der Waals surface area contributed by atoms with Crippen LogP contribution in [0.1, 0.15) is 32.8 Å². The van der Waals surface area contributed by atoms with Gasteiger partial charge < -0.3 is 15.4 Å². The van der Waals surface area contributed by atoms with Crippen molar-refractivity contribution in [1.29, 1.82) is 0 Å². The van der Waals surface area contributed by atoms with Crippen LogP contribution < -0.4 is 16.0 Å². The van der Waals surface area contributed by atoms with E-state index in [0.29, 0.717) is 18.0 Å². The van der Waals surface area contributed by atoms with Gasteiger partial charge in [0.15, 0.2) is 6.61 Å². The summed E-state index contributed by atoms with van der Waals surface area (Å²) in [4.78, 5) is 60.9. The zero-order valence-electron chi connectivity index (χ0n) is 17.2. The van der Waals surface area contributed by atoms with Gasteiger partial charge in [-0.3, -0.25) is 24.6 Å². The first kappa shape index (κ1) is 22.9. The molecule has 0 unspecified atom stereocenters. The van der Waals surface area contributed by atoms with Crippen LogP contribution in [0, 0.1) is 5.92 Å². The van der Waals surface area contributed by atoms with Crippen molar-refractivity contribution in [2.24, 2.45) is 5.92 Å². The number of carbonyl (C=O) groups excluding carboxylic acids is 5. The Hall–Kier alpha value is -3.43. The molecule has 1 atom stereocenters. The zero-order chi connectivity index (χ0) is 22.3. The van der Waals surface area contributed by atoms with Crippen LogP contribution in [0.15, 0.2) is 30.3 Å². The molecule has 0 bridgehead atoms. The molecule has 0 aromatic heterocycles. The number of nitrogens with zero attached hydrogens (tertiary/aromatic N) is 1. The van der Waals surface area contributed by atoms with Crippen LogP contribution in [-0.2, 0) is 24.7 Å². The highest BCUT2D eigenvalue weighted by Gasteiger charge is 2.49. The van der Waals surface area contributed by atoms with Gasteiger partial charge in [-0.1, -0.05) is 44.2 Å². The highest BCUT2D eigenvalue weighted by atomic mass is 16.5. The summed E-state index contributed by atoms with van der Waals surface area (Å²) in [5.41, 5.74) is -0.730. The lowest BCUT2D eigenvalue weighted by Gasteiger charge is -2.21. The first-order chi connectivity index (χ1) is 14.1. The molecule has 3 N–H and O–H groups in total. The lowest BCUT2D eigenvalue weighted by Crippen LogP contribution is -2.43. The van der Waals surface area contributed by atoms with E-state index in [2.05, 4.69) is 10.6 Å². The van der Waals surface area contributed by atoms with Crippen LogP contribution in [0.4, 0.5) is 9.59 Å². The Labute approximate surface area is 174 Å². The summed E-state index contributed by atoms with van der Waals surface area (Å²) in [5, 5.41) is 7.11. The average molecular weight is 418 g/mol. The Kier molecular flexibility index (Phi) is 7.51. The van der Waals surface area contributed by atoms with Crippen LogP contribution in [0.5, 0.6) is 0 Å². The lowest BCUT2D eigenvalue weighted by atomic mass is 9.92. The Morgan fingerprint density at radius 2 is 1.83 bits per heavy atom. The molecule has 1 aliphatic rings. The number of nitrogens with one attached hydrogen (secondary N) is 3. The van der Waals surface area contributed by atoms with Crippen molar-refractivity contribution in [3.05, 3.63) is 35.9 Å². The number of ether oxygens (including phenoxy) is 1. The summed E-state index contributed by atoms with van der Waals surface area (Å²) in [6.07, 6.45) is 0.754. The molecule has 1 fully saturated rings. The van der Waals surface area contributed by atoms with E-state index in [9.17, 15) is 24.0 Å². The number of hydrogen-bond acceptors (Lipinski definition) is 6. The largest absolute Gasteiger partial charge is 0.454 e. The summed E-state index contributed by atoms with van der Waals surface area (Å²) in [6.45, 7) is 4.58. The number of benzene rings is 1. The normalized spacial score (nSPS) is 18.2. The molecule has 30 heavy (non-hydrogen) atoms. The molecule has 10 heteroatoms. The monoisotopic (exact) mass is 418 g/mol. The molecule has 0 spiro atoms. The Bertz CT molecular complexity index is 826. The fourth-order valence-electron chi connectivity index (χ4n) is 2.81. The second-order valence-corrected chi connectivity index (χ2v) is 7.46. The van der Waals surface area contributed by atoms with Crippen LogP contribution in [-0.4, -0.2) is 54.4 Å². The molecule has 1 saturated heterocycles. The Morgan fingerprint density at radius 3 is 2.47 bits per heavy atom. The molecule has 162 valence electrons. The van der Waals surface area contributed by atoms with Crippen molar-refractivity contribution in [1.82, 2.24) is 20.9 Å². The van der Waals surface area contributed by atoms with Gasteiger partial charge in [-0.2, -0.15) is 0 Å². The predicted octanol–water partition coefficient (Wildman–Crippen LogP) is 0.869. The topological polar surface area (TPSA) is 134 Å². The standard InChI is InChI=1S/C20H26N4O6/c1-13(2)9-10-21-18(28)22-15(25)12-30-16(26)11-24-17(27)20(3,23-19(24)29)14-7-5-4-6-8-14/h4-8,13H,9-12H2,1-3H3,(H,23,29)(H2,21,22,25,28)/t20-/m0/s1. The number of hydrogen-bond donors (Lipinski definition) is 3. The quantitative estimate of drug-likeness (QED) is 0.424. The second-order valence-electron chi connectivity index (χ2n) is 7.46. The van der Waals surface area contributed by atoms with Gasteiger partial charge >= 0.3 is 18.0 Å². The van der Waals surface area contributed by atoms with Gasteiger partial charge in [-0.25, -0.2) is 9.59 Å². The molecule has 1 heterocycles. The van der Waals surface area contributed by atoms with Crippen LogP contribution in [0.25, 0.3) is 0 Å². The Balaban J connectivity index is 1.82. The van der Waals surface area contributed by atoms with E-state index in [1.54, 1.807) is 37.3 Å². The maximum absolute atomic E-state index is 12.7. The summed E-state index contributed by atoms with van der Waals surface area (Å²) in [6, 6.07) is 7.19. The summed E-state index contributed by atoms with van der Waals surface area (Å²) in [7, 11) is 0. The van der Waals surface area contributed by atoms with Crippen molar-refractivity contribution in [3.8, 4) is 0 Å². The Morgan fingerprint density at radius 1 is 1.17 bits per heavy atom. The SMILES string of the molecule is CC(C)CCNC(=O)NC(=O)COC(=O)CN1C(=O)N[C@@](C)(c2ccccc2)C1=O. The summed E-state index contributed by atoms with van der Waals surface area (Å²) in [5.74, 6) is -1.98. The van der Waals surface area contributed by atoms with Crippen molar-refractivity contribution in [3.63, 3.8) is 0 Å². The van der Waals surface area contributed by atoms with Crippen molar-refractivity contribution < 1.29 is 28.7 Å². The number of imide groups is 2. The number of carbonyl (C=O) groups is 5. The van der Waals surface area contributed by atoms with E-state index in [0.717, 1.165) is 11.3 Å². The van der Waals surface area contributed by atoms with Gasteiger partial charge in [0.25, 0.3) is 11.8 Å². The first-order valence-corrected chi connectivity index (χ1v) is 9.56. The lowest BCUT2D eigenvalue weighted by molar-refractivity contribution is -0.150. The molecule has 0 radical (unpaired) electrons. The average Bonchev–Trinajstić information content (AvgIpc) is 2.91. The fraction of sp³-hybridized carbons (Fsp3) is 0.450. The van der Waals surface area contributed by atoms with E-state index in [4.69, 9.17) is 4.74 Å². The minimum atomic E-state index is -1.30. The van der Waals surface area contributed by atoms with E-state index >= 15 is 0 Å². The summed E-state index contributed by atoms with van der Waals surface area (Å²) >= 11 is 0. The van der Waals surface area contributed by atoms with E-state index in [1.165, 1.54) is 0 Å². The van der Waals surface area contributed by atoms with Gasteiger partial charge in [0.05, 0.1) is 0 Å². The molecule has 6 amide bonds. The minimum absolute atomic E-state index is 0.399.